The van der Waals surface area contributed by atoms with Gasteiger partial charge in [0.1, 0.15) is 12.6 Å². The molecule has 2 amide bonds. The predicted molar refractivity (Wildman–Crippen MR) is 64.8 cm³/mol. The molecule has 1 atom stereocenters. The Hall–Kier alpha value is -1.17. The van der Waals surface area contributed by atoms with Crippen molar-refractivity contribution in [2.75, 3.05) is 6.54 Å². The summed E-state index contributed by atoms with van der Waals surface area (Å²) in [5.74, 6) is -0.575. The van der Waals surface area contributed by atoms with Gasteiger partial charge in [0, 0.05) is 6.04 Å². The summed E-state index contributed by atoms with van der Waals surface area (Å²) in [5.41, 5.74) is 0. The van der Waals surface area contributed by atoms with E-state index >= 15 is 0 Å². The van der Waals surface area contributed by atoms with Gasteiger partial charge in [0.25, 0.3) is 0 Å². The van der Waals surface area contributed by atoms with Crippen LogP contribution in [0.3, 0.4) is 0 Å². The molecule has 0 aromatic rings. The van der Waals surface area contributed by atoms with Crippen LogP contribution in [0.1, 0.15) is 27.2 Å². The minimum absolute atomic E-state index is 0.142. The van der Waals surface area contributed by atoms with Crippen molar-refractivity contribution in [2.45, 2.75) is 39.3 Å². The number of rotatable bonds is 2. The van der Waals surface area contributed by atoms with E-state index in [4.69, 9.17) is 12.2 Å². The average molecular weight is 243 g/mol. The highest BCUT2D eigenvalue weighted by atomic mass is 32.1. The van der Waals surface area contributed by atoms with Crippen LogP contribution in [0.2, 0.25) is 0 Å². The summed E-state index contributed by atoms with van der Waals surface area (Å²) in [7, 11) is 0. The van der Waals surface area contributed by atoms with Gasteiger partial charge in [0.05, 0.1) is 0 Å². The summed E-state index contributed by atoms with van der Waals surface area (Å²) >= 11 is 5.18. The van der Waals surface area contributed by atoms with Gasteiger partial charge in [-0.25, -0.2) is 0 Å². The molecule has 2 N–H and O–H groups in total. The zero-order valence-corrected chi connectivity index (χ0v) is 10.6. The molecule has 1 aliphatic heterocycles. The molecule has 0 aliphatic carbocycles. The quantitative estimate of drug-likeness (QED) is 0.528. The Balaban J connectivity index is 2.77. The second-order valence-corrected chi connectivity index (χ2v) is 4.46. The lowest BCUT2D eigenvalue weighted by Gasteiger charge is -2.35. The minimum atomic E-state index is -0.351. The Morgan fingerprint density at radius 3 is 2.75 bits per heavy atom. The van der Waals surface area contributed by atoms with Gasteiger partial charge >= 0.3 is 0 Å². The standard InChI is InChI=1S/C10H17N3O2S/c1-4-7-9(15)12-8(14)5-13(7)10(16)11-6(2)3/h6-7H,4-5H2,1-3H3,(H,11,16)(H,12,14,15). The van der Waals surface area contributed by atoms with Gasteiger partial charge in [-0.1, -0.05) is 6.92 Å². The number of piperazine rings is 1. The van der Waals surface area contributed by atoms with Crippen molar-refractivity contribution in [3.63, 3.8) is 0 Å². The van der Waals surface area contributed by atoms with Crippen LogP contribution in [0.25, 0.3) is 0 Å². The highest BCUT2D eigenvalue weighted by Crippen LogP contribution is 2.09. The van der Waals surface area contributed by atoms with Gasteiger partial charge in [-0.05, 0) is 32.5 Å². The molecular formula is C10H17N3O2S. The lowest BCUT2D eigenvalue weighted by Crippen LogP contribution is -2.61. The summed E-state index contributed by atoms with van der Waals surface area (Å²) in [6.07, 6.45) is 0.624. The van der Waals surface area contributed by atoms with Crippen molar-refractivity contribution in [3.8, 4) is 0 Å². The van der Waals surface area contributed by atoms with Gasteiger partial charge in [0.2, 0.25) is 11.8 Å². The first kappa shape index (κ1) is 12.9. The van der Waals surface area contributed by atoms with E-state index in [1.54, 1.807) is 4.90 Å². The van der Waals surface area contributed by atoms with Crippen molar-refractivity contribution >= 4 is 29.1 Å². The third-order valence-electron chi connectivity index (χ3n) is 2.32. The lowest BCUT2D eigenvalue weighted by atomic mass is 10.1. The maximum Gasteiger partial charge on any atom is 0.249 e. The van der Waals surface area contributed by atoms with E-state index in [2.05, 4.69) is 10.6 Å². The fraction of sp³-hybridized carbons (Fsp3) is 0.700. The van der Waals surface area contributed by atoms with Crippen LogP contribution in [0.5, 0.6) is 0 Å². The van der Waals surface area contributed by atoms with Crippen molar-refractivity contribution in [1.29, 1.82) is 0 Å². The molecule has 1 fully saturated rings. The third kappa shape index (κ3) is 2.91. The van der Waals surface area contributed by atoms with Crippen LogP contribution in [-0.4, -0.2) is 40.5 Å². The predicted octanol–water partition coefficient (Wildman–Crippen LogP) is 0.00630. The molecule has 1 rings (SSSR count). The van der Waals surface area contributed by atoms with E-state index in [0.29, 0.717) is 11.5 Å². The van der Waals surface area contributed by atoms with Gasteiger partial charge in [-0.2, -0.15) is 0 Å². The van der Waals surface area contributed by atoms with Crippen LogP contribution >= 0.6 is 12.2 Å². The molecule has 0 aromatic carbocycles. The number of imide groups is 1. The average Bonchev–Trinajstić information content (AvgIpc) is 2.15. The van der Waals surface area contributed by atoms with E-state index < -0.39 is 0 Å². The number of carbonyl (C=O) groups is 2. The van der Waals surface area contributed by atoms with Crippen LogP contribution < -0.4 is 10.6 Å². The highest BCUT2D eigenvalue weighted by molar-refractivity contribution is 7.80. The number of nitrogens with one attached hydrogen (secondary N) is 2. The smallest absolute Gasteiger partial charge is 0.249 e. The summed E-state index contributed by atoms with van der Waals surface area (Å²) in [6.45, 7) is 5.95. The molecule has 1 heterocycles. The first-order valence-corrected chi connectivity index (χ1v) is 5.77. The topological polar surface area (TPSA) is 61.4 Å². The zero-order chi connectivity index (χ0) is 12.3. The van der Waals surface area contributed by atoms with Crippen LogP contribution in [0, 0.1) is 0 Å². The third-order valence-corrected chi connectivity index (χ3v) is 2.67. The molecule has 0 radical (unpaired) electrons. The number of amides is 2. The van der Waals surface area contributed by atoms with Crippen molar-refractivity contribution in [1.82, 2.24) is 15.5 Å². The van der Waals surface area contributed by atoms with E-state index in [0.717, 1.165) is 0 Å². The molecule has 1 saturated heterocycles. The van der Waals surface area contributed by atoms with Gasteiger partial charge < -0.3 is 10.2 Å². The second kappa shape index (κ2) is 5.25. The van der Waals surface area contributed by atoms with Crippen LogP contribution in [0.15, 0.2) is 0 Å². The summed E-state index contributed by atoms with van der Waals surface area (Å²) in [6, 6.07) is -0.165. The molecule has 0 bridgehead atoms. The first-order valence-electron chi connectivity index (χ1n) is 5.36. The van der Waals surface area contributed by atoms with Gasteiger partial charge in [0.15, 0.2) is 5.11 Å². The van der Waals surface area contributed by atoms with E-state index in [1.807, 2.05) is 20.8 Å². The maximum absolute atomic E-state index is 11.6. The van der Waals surface area contributed by atoms with Crippen molar-refractivity contribution in [2.24, 2.45) is 0 Å². The molecule has 1 unspecified atom stereocenters. The fourth-order valence-electron chi connectivity index (χ4n) is 1.62. The highest BCUT2D eigenvalue weighted by Gasteiger charge is 2.33. The Bertz CT molecular complexity index is 317. The van der Waals surface area contributed by atoms with E-state index in [1.165, 1.54) is 0 Å². The Kier molecular flexibility index (Phi) is 4.23. The molecule has 6 heteroatoms. The monoisotopic (exact) mass is 243 g/mol. The van der Waals surface area contributed by atoms with Gasteiger partial charge in [-0.15, -0.1) is 0 Å². The molecule has 16 heavy (non-hydrogen) atoms. The van der Waals surface area contributed by atoms with E-state index in [-0.39, 0.29) is 30.4 Å². The molecule has 1 aliphatic rings. The Morgan fingerprint density at radius 1 is 1.62 bits per heavy atom. The number of nitrogens with zero attached hydrogens (tertiary/aromatic N) is 1. The molecule has 5 nitrogen and oxygen atoms in total. The second-order valence-electron chi connectivity index (χ2n) is 4.07. The molecular weight excluding hydrogens is 226 g/mol. The van der Waals surface area contributed by atoms with Gasteiger partial charge in [-0.3, -0.25) is 14.9 Å². The Morgan fingerprint density at radius 2 is 2.25 bits per heavy atom. The number of thiocarbonyl (C=S) groups is 1. The molecule has 90 valence electrons. The van der Waals surface area contributed by atoms with Crippen molar-refractivity contribution < 1.29 is 9.59 Å². The van der Waals surface area contributed by atoms with Crippen LogP contribution in [-0.2, 0) is 9.59 Å². The molecule has 0 aromatic heterocycles. The summed E-state index contributed by atoms with van der Waals surface area (Å²) in [5, 5.41) is 5.82. The first-order chi connectivity index (χ1) is 7.45. The number of carbonyl (C=O) groups excluding carboxylic acids is 2. The zero-order valence-electron chi connectivity index (χ0n) is 9.74. The lowest BCUT2D eigenvalue weighted by molar-refractivity contribution is -0.137. The largest absolute Gasteiger partial charge is 0.360 e. The SMILES string of the molecule is CCC1C(=O)NC(=O)CN1C(=S)NC(C)C. The summed E-state index contributed by atoms with van der Waals surface area (Å²) < 4.78 is 0. The maximum atomic E-state index is 11.6. The number of hydrogen-bond acceptors (Lipinski definition) is 3. The van der Waals surface area contributed by atoms with Crippen molar-refractivity contribution in [3.05, 3.63) is 0 Å². The Labute approximate surface area is 101 Å². The molecule has 0 saturated carbocycles. The van der Waals surface area contributed by atoms with Crippen LogP contribution in [0.4, 0.5) is 0 Å². The number of hydrogen-bond donors (Lipinski definition) is 2. The summed E-state index contributed by atoms with van der Waals surface area (Å²) in [4.78, 5) is 24.5. The fourth-order valence-corrected chi connectivity index (χ4v) is 2.04. The normalized spacial score (nSPS) is 21.0. The molecule has 0 spiro atoms. The minimum Gasteiger partial charge on any atom is -0.360 e. The van der Waals surface area contributed by atoms with E-state index in [9.17, 15) is 9.59 Å².